The van der Waals surface area contributed by atoms with Crippen LogP contribution in [0.1, 0.15) is 29.9 Å². The summed E-state index contributed by atoms with van der Waals surface area (Å²) in [6.45, 7) is 2.19. The average Bonchev–Trinajstić information content (AvgIpc) is 2.56. The van der Waals surface area contributed by atoms with Gasteiger partial charge in [0.1, 0.15) is 5.82 Å². The molecule has 110 valence electrons. The maximum Gasteiger partial charge on any atom is 0.128 e. The first kappa shape index (κ1) is 14.8. The predicted molar refractivity (Wildman–Crippen MR) is 93.5 cm³/mol. The number of halogens is 1. The van der Waals surface area contributed by atoms with Gasteiger partial charge in [-0.3, -0.25) is 0 Å². The zero-order valence-electron chi connectivity index (χ0n) is 11.9. The Bertz CT molecular complexity index is 592. The van der Waals surface area contributed by atoms with E-state index in [1.165, 1.54) is 9.13 Å². The first-order valence-electron chi connectivity index (χ1n) is 7.33. The predicted octanol–water partition coefficient (Wildman–Crippen LogP) is 3.56. The number of hydrogen-bond donors (Lipinski definition) is 1. The van der Waals surface area contributed by atoms with E-state index in [2.05, 4.69) is 56.7 Å². The monoisotopic (exact) mass is 394 g/mol. The summed E-state index contributed by atoms with van der Waals surface area (Å²) in [5.74, 6) is 1.62. The summed E-state index contributed by atoms with van der Waals surface area (Å²) in [6, 6.07) is 12.5. The Kier molecular flexibility index (Phi) is 4.75. The molecule has 4 heteroatoms. The maximum atomic E-state index is 9.48. The number of nitrogens with zero attached hydrogens (tertiary/aromatic N) is 2. The van der Waals surface area contributed by atoms with Crippen molar-refractivity contribution in [2.24, 2.45) is 0 Å². The molecule has 0 spiro atoms. The first-order valence-corrected chi connectivity index (χ1v) is 8.41. The number of pyridine rings is 1. The summed E-state index contributed by atoms with van der Waals surface area (Å²) in [5, 5.41) is 9.48. The Morgan fingerprint density at radius 3 is 2.57 bits per heavy atom. The normalized spacial score (nSPS) is 16.2. The van der Waals surface area contributed by atoms with E-state index in [9.17, 15) is 5.11 Å². The van der Waals surface area contributed by atoms with E-state index in [1.54, 1.807) is 0 Å². The van der Waals surface area contributed by atoms with Crippen LogP contribution in [0.3, 0.4) is 0 Å². The van der Waals surface area contributed by atoms with Gasteiger partial charge in [-0.25, -0.2) is 4.98 Å². The minimum atomic E-state index is 0.134. The third-order valence-corrected chi connectivity index (χ3v) is 4.83. The van der Waals surface area contributed by atoms with Gasteiger partial charge in [-0.2, -0.15) is 0 Å². The number of rotatable bonds is 3. The lowest BCUT2D eigenvalue weighted by atomic mass is 9.86. The smallest absolute Gasteiger partial charge is 0.128 e. The molecule has 1 aliphatic rings. The second-order valence-corrected chi connectivity index (χ2v) is 6.70. The quantitative estimate of drug-likeness (QED) is 0.809. The summed E-state index contributed by atoms with van der Waals surface area (Å²) in [7, 11) is 0. The lowest BCUT2D eigenvalue weighted by Gasteiger charge is -2.33. The molecule has 2 aromatic rings. The zero-order valence-corrected chi connectivity index (χ0v) is 14.0. The third kappa shape index (κ3) is 3.37. The molecule has 0 amide bonds. The summed E-state index contributed by atoms with van der Waals surface area (Å²) in [4.78, 5) is 6.87. The van der Waals surface area contributed by atoms with E-state index in [0.29, 0.717) is 5.92 Å². The van der Waals surface area contributed by atoms with E-state index < -0.39 is 0 Å². The highest BCUT2D eigenvalue weighted by molar-refractivity contribution is 14.1. The molecule has 1 aliphatic heterocycles. The van der Waals surface area contributed by atoms with Crippen molar-refractivity contribution in [2.75, 3.05) is 18.0 Å². The van der Waals surface area contributed by atoms with E-state index in [0.717, 1.165) is 37.3 Å². The standard InChI is InChI=1S/C17H19IN2O/c18-15-5-6-17(19-11-15)20-9-7-13(8-10-20)16-4-2-1-3-14(16)12-21/h1-6,11,13,21H,7-10,12H2. The molecule has 0 unspecified atom stereocenters. The molecular weight excluding hydrogens is 375 g/mol. The van der Waals surface area contributed by atoms with Crippen molar-refractivity contribution in [2.45, 2.75) is 25.4 Å². The van der Waals surface area contributed by atoms with Crippen molar-refractivity contribution in [3.63, 3.8) is 0 Å². The van der Waals surface area contributed by atoms with Gasteiger partial charge in [0.25, 0.3) is 0 Å². The zero-order chi connectivity index (χ0) is 14.7. The highest BCUT2D eigenvalue weighted by Gasteiger charge is 2.22. The number of hydrogen-bond acceptors (Lipinski definition) is 3. The van der Waals surface area contributed by atoms with Gasteiger partial charge in [-0.15, -0.1) is 0 Å². The van der Waals surface area contributed by atoms with Crippen LogP contribution in [0.25, 0.3) is 0 Å². The van der Waals surface area contributed by atoms with Crippen LogP contribution < -0.4 is 4.90 Å². The summed E-state index contributed by atoms with van der Waals surface area (Å²) < 4.78 is 1.17. The molecule has 3 nitrogen and oxygen atoms in total. The minimum Gasteiger partial charge on any atom is -0.392 e. The fourth-order valence-corrected chi connectivity index (χ4v) is 3.37. The first-order chi connectivity index (χ1) is 10.3. The Hall–Kier alpha value is -1.14. The van der Waals surface area contributed by atoms with Crippen LogP contribution in [0.2, 0.25) is 0 Å². The SMILES string of the molecule is OCc1ccccc1C1CCN(c2ccc(I)cn2)CC1. The van der Waals surface area contributed by atoms with E-state index in [1.807, 2.05) is 18.3 Å². The molecular formula is C17H19IN2O. The fraction of sp³-hybridized carbons (Fsp3) is 0.353. The molecule has 0 bridgehead atoms. The summed E-state index contributed by atoms with van der Waals surface area (Å²) in [6.07, 6.45) is 4.15. The van der Waals surface area contributed by atoms with Crippen LogP contribution in [-0.4, -0.2) is 23.2 Å². The Labute approximate surface area is 139 Å². The highest BCUT2D eigenvalue weighted by atomic mass is 127. The minimum absolute atomic E-state index is 0.134. The molecule has 21 heavy (non-hydrogen) atoms. The van der Waals surface area contributed by atoms with Crippen molar-refractivity contribution in [1.29, 1.82) is 0 Å². The number of benzene rings is 1. The molecule has 2 heterocycles. The van der Waals surface area contributed by atoms with Gasteiger partial charge < -0.3 is 10.0 Å². The van der Waals surface area contributed by atoms with Crippen molar-refractivity contribution < 1.29 is 5.11 Å². The second kappa shape index (κ2) is 6.75. The lowest BCUT2D eigenvalue weighted by Crippen LogP contribution is -2.33. The molecule has 1 N–H and O–H groups in total. The van der Waals surface area contributed by atoms with Crippen molar-refractivity contribution >= 4 is 28.4 Å². The van der Waals surface area contributed by atoms with Crippen LogP contribution >= 0.6 is 22.6 Å². The number of aromatic nitrogens is 1. The van der Waals surface area contributed by atoms with Gasteiger partial charge in [-0.1, -0.05) is 24.3 Å². The van der Waals surface area contributed by atoms with Crippen LogP contribution in [-0.2, 0) is 6.61 Å². The molecule has 3 rings (SSSR count). The topological polar surface area (TPSA) is 36.4 Å². The number of aliphatic hydroxyl groups is 1. The summed E-state index contributed by atoms with van der Waals surface area (Å²) >= 11 is 2.28. The highest BCUT2D eigenvalue weighted by Crippen LogP contribution is 2.31. The van der Waals surface area contributed by atoms with Crippen molar-refractivity contribution in [3.8, 4) is 0 Å². The van der Waals surface area contributed by atoms with Crippen LogP contribution in [0, 0.1) is 3.57 Å². The van der Waals surface area contributed by atoms with Gasteiger partial charge in [0, 0.05) is 22.9 Å². The molecule has 0 radical (unpaired) electrons. The van der Waals surface area contributed by atoms with E-state index >= 15 is 0 Å². The molecule has 1 saturated heterocycles. The number of piperidine rings is 1. The maximum absolute atomic E-state index is 9.48. The average molecular weight is 394 g/mol. The molecule has 1 aromatic carbocycles. The van der Waals surface area contributed by atoms with Gasteiger partial charge in [0.2, 0.25) is 0 Å². The van der Waals surface area contributed by atoms with E-state index in [4.69, 9.17) is 0 Å². The molecule has 0 aliphatic carbocycles. The number of anilines is 1. The van der Waals surface area contributed by atoms with Crippen molar-refractivity contribution in [1.82, 2.24) is 4.98 Å². The van der Waals surface area contributed by atoms with Crippen LogP contribution in [0.4, 0.5) is 5.82 Å². The van der Waals surface area contributed by atoms with E-state index in [-0.39, 0.29) is 6.61 Å². The molecule has 1 fully saturated rings. The molecule has 0 saturated carbocycles. The largest absolute Gasteiger partial charge is 0.392 e. The van der Waals surface area contributed by atoms with Gasteiger partial charge >= 0.3 is 0 Å². The Morgan fingerprint density at radius 2 is 1.90 bits per heavy atom. The number of aliphatic hydroxyl groups excluding tert-OH is 1. The van der Waals surface area contributed by atoms with Gasteiger partial charge in [-0.05, 0) is 64.6 Å². The summed E-state index contributed by atoms with van der Waals surface area (Å²) in [5.41, 5.74) is 2.39. The second-order valence-electron chi connectivity index (χ2n) is 5.45. The van der Waals surface area contributed by atoms with Crippen LogP contribution in [0.5, 0.6) is 0 Å². The van der Waals surface area contributed by atoms with Gasteiger partial charge in [0.15, 0.2) is 0 Å². The lowest BCUT2D eigenvalue weighted by molar-refractivity contribution is 0.279. The van der Waals surface area contributed by atoms with Crippen molar-refractivity contribution in [3.05, 3.63) is 57.3 Å². The van der Waals surface area contributed by atoms with Crippen LogP contribution in [0.15, 0.2) is 42.6 Å². The Morgan fingerprint density at radius 1 is 1.14 bits per heavy atom. The fourth-order valence-electron chi connectivity index (χ4n) is 3.05. The Balaban J connectivity index is 1.69. The molecule has 0 atom stereocenters. The third-order valence-electron chi connectivity index (χ3n) is 4.20. The van der Waals surface area contributed by atoms with Gasteiger partial charge in [0.05, 0.1) is 6.61 Å². The molecule has 1 aromatic heterocycles.